The number of rotatable bonds is 6. The van der Waals surface area contributed by atoms with E-state index in [1.165, 1.54) is 31.4 Å². The minimum absolute atomic E-state index is 0. The molecule has 4 N–H and O–H groups in total. The fourth-order valence-electron chi connectivity index (χ4n) is 6.67. The number of nitrogens with one attached hydrogen (secondary N) is 2. The second kappa shape index (κ2) is 32.1. The molecule has 8 aromatic rings. The van der Waals surface area contributed by atoms with Gasteiger partial charge >= 0.3 is 7.12 Å². The molecule has 0 spiro atoms. The van der Waals surface area contributed by atoms with Gasteiger partial charge in [-0.15, -0.1) is 0 Å². The predicted molar refractivity (Wildman–Crippen MR) is 302 cm³/mol. The van der Waals surface area contributed by atoms with Crippen molar-refractivity contribution >= 4 is 65.5 Å². The zero-order chi connectivity index (χ0) is 50.1. The highest BCUT2D eigenvalue weighted by atomic mass is 79.9. The summed E-state index contributed by atoms with van der Waals surface area (Å²) in [6.07, 6.45) is 10.5. The summed E-state index contributed by atoms with van der Waals surface area (Å²) in [5.74, 6) is 1.67. The number of H-pyrrole nitrogens is 2. The molecule has 17 heteroatoms. The number of aromatic nitrogens is 4. The van der Waals surface area contributed by atoms with Crippen molar-refractivity contribution in [3.05, 3.63) is 241 Å². The molecule has 367 valence electrons. The molecule has 14 nitrogen and oxygen atoms in total. The van der Waals surface area contributed by atoms with Gasteiger partial charge in [0.15, 0.2) is 22.7 Å². The summed E-state index contributed by atoms with van der Waals surface area (Å²) < 4.78 is 5.75. The molecule has 4 aromatic heterocycles. The van der Waals surface area contributed by atoms with Crippen LogP contribution in [-0.2, 0) is 0 Å². The molecule has 0 unspecified atom stereocenters. The van der Waals surface area contributed by atoms with Gasteiger partial charge in [-0.05, 0) is 106 Å². The third-order valence-electron chi connectivity index (χ3n) is 10.2. The van der Waals surface area contributed by atoms with Gasteiger partial charge in [0.05, 0.1) is 37.9 Å². The molecule has 0 aliphatic carbocycles. The quantitative estimate of drug-likeness (QED) is 0.0945. The number of nitrogens with zero attached hydrogens (tertiary/aromatic N) is 7. The molecule has 1 aliphatic heterocycles. The van der Waals surface area contributed by atoms with E-state index in [-0.39, 0.29) is 35.8 Å². The number of anilines is 1. The molecule has 73 heavy (non-hydrogen) atoms. The first-order chi connectivity index (χ1) is 34.1. The van der Waals surface area contributed by atoms with Crippen LogP contribution in [0.1, 0.15) is 35.5 Å². The Hall–Kier alpha value is -8.83. The Morgan fingerprint density at radius 1 is 0.575 bits per heavy atom. The van der Waals surface area contributed by atoms with Gasteiger partial charge in [-0.2, -0.15) is 0 Å². The van der Waals surface area contributed by atoms with Crippen LogP contribution in [0.5, 0.6) is 5.88 Å². The highest BCUT2D eigenvalue weighted by molar-refractivity contribution is 9.10. The Balaban J connectivity index is 0.000000469. The standard InChI is InChI=1S/C17H17N3.C13H10N2O.C12H8N2O.C7H6BNO2.C5H4BrNO.2CH4.B.H2/c1-18-15-9-7-14(8-10-15)16-6-5-11-19-17(16)20-12-3-2-4-13-20;1-14-11-7-5-10(6-8-11)12-4-3-9-15-13(12)16-2;1-13-10-6-4-9(5-7-10)11-3-2-8-14-12(11)15;1-9-7-4-2-6(3-5-7)8(10)11;6-4-2-1-3-7-5(4)8;;;;/h5-11H,2-4,12-13H2;3-9H,2H3;2-8H,(H,14,15);2-5,10-11H;1-3H,(H,7,8);2*1H4;;1H/i;;;;;;;;1+1. The number of aromatic amines is 2. The van der Waals surface area contributed by atoms with Gasteiger partial charge in [0, 0.05) is 64.4 Å². The monoisotopic (exact) mass is 1040 g/mol. The minimum atomic E-state index is -1.45. The van der Waals surface area contributed by atoms with Gasteiger partial charge in [0.1, 0.15) is 5.82 Å². The van der Waals surface area contributed by atoms with Gasteiger partial charge in [-0.1, -0.05) is 112 Å². The molecule has 1 fully saturated rings. The van der Waals surface area contributed by atoms with Gasteiger partial charge in [-0.3, -0.25) is 9.59 Å². The van der Waals surface area contributed by atoms with Crippen LogP contribution in [0, 0.1) is 26.3 Å². The molecule has 0 atom stereocenters. The topological polar surface area (TPSA) is 162 Å². The van der Waals surface area contributed by atoms with E-state index in [0.717, 1.165) is 46.7 Å². The van der Waals surface area contributed by atoms with E-state index in [1.807, 2.05) is 60.8 Å². The number of piperidine rings is 1. The van der Waals surface area contributed by atoms with Crippen molar-refractivity contribution in [1.29, 1.82) is 0 Å². The summed E-state index contributed by atoms with van der Waals surface area (Å²) in [5.41, 5.74) is 8.23. The highest BCUT2D eigenvalue weighted by Crippen LogP contribution is 2.32. The number of pyridine rings is 4. The van der Waals surface area contributed by atoms with E-state index in [1.54, 1.807) is 98.5 Å². The largest absolute Gasteiger partial charge is 0.488 e. The van der Waals surface area contributed by atoms with Crippen LogP contribution in [0.4, 0.5) is 28.6 Å². The molecule has 3 radical (unpaired) electrons. The number of benzene rings is 4. The molecule has 5 heterocycles. The molecule has 9 rings (SSSR count). The minimum Gasteiger partial charge on any atom is -0.481 e. The number of methoxy groups -OCH3 is 1. The van der Waals surface area contributed by atoms with Crippen molar-refractivity contribution in [2.45, 2.75) is 34.1 Å². The lowest BCUT2D eigenvalue weighted by Gasteiger charge is -2.29. The molecule has 4 aromatic carbocycles. The third-order valence-corrected chi connectivity index (χ3v) is 10.9. The Kier molecular flexibility index (Phi) is 26.5. The van der Waals surface area contributed by atoms with Gasteiger partial charge in [-0.25, -0.2) is 29.3 Å². The number of ether oxygens (including phenoxy) is 1. The molecule has 0 bridgehead atoms. The summed E-state index contributed by atoms with van der Waals surface area (Å²) in [6, 6.07) is 43.1. The Bertz CT molecular complexity index is 3220. The van der Waals surface area contributed by atoms with Gasteiger partial charge in [0.2, 0.25) is 5.88 Å². The van der Waals surface area contributed by atoms with Crippen LogP contribution < -0.4 is 26.2 Å². The predicted octanol–water partition coefficient (Wildman–Crippen LogP) is 12.4. The maximum absolute atomic E-state index is 11.5. The molecule has 1 saturated heterocycles. The number of hydrogen-bond acceptors (Lipinski definition) is 8. The van der Waals surface area contributed by atoms with Crippen LogP contribution >= 0.6 is 15.9 Å². The van der Waals surface area contributed by atoms with Crippen LogP contribution in [0.3, 0.4) is 0 Å². The van der Waals surface area contributed by atoms with Gasteiger partial charge in [0.25, 0.3) is 11.1 Å². The highest BCUT2D eigenvalue weighted by Gasteiger charge is 2.16. The Morgan fingerprint density at radius 3 is 1.41 bits per heavy atom. The van der Waals surface area contributed by atoms with Crippen molar-refractivity contribution in [3.63, 3.8) is 0 Å². The smallest absolute Gasteiger partial charge is 0.481 e. The summed E-state index contributed by atoms with van der Waals surface area (Å²) in [6.45, 7) is 29.5. The maximum atomic E-state index is 11.5. The van der Waals surface area contributed by atoms with Crippen LogP contribution in [0.25, 0.3) is 52.8 Å². The van der Waals surface area contributed by atoms with Gasteiger partial charge < -0.3 is 29.7 Å². The third kappa shape index (κ3) is 18.5. The molecule has 0 saturated carbocycles. The number of halogens is 1. The maximum Gasteiger partial charge on any atom is 0.488 e. The zero-order valence-corrected chi connectivity index (χ0v) is 40.1. The van der Waals surface area contributed by atoms with Crippen molar-refractivity contribution in [2.75, 3.05) is 25.1 Å². The fraction of sp³-hybridized carbons (Fsp3) is 0.143. The zero-order valence-electron chi connectivity index (χ0n) is 38.5. The van der Waals surface area contributed by atoms with Crippen LogP contribution in [0.15, 0.2) is 184 Å². The summed E-state index contributed by atoms with van der Waals surface area (Å²) in [5, 5.41) is 17.3. The Labute approximate surface area is 439 Å². The molecular formula is C56H55B2BrN9O5. The van der Waals surface area contributed by atoms with Crippen LogP contribution in [0.2, 0.25) is 0 Å². The number of hydrogen-bond donors (Lipinski definition) is 4. The Morgan fingerprint density at radius 2 is 0.986 bits per heavy atom. The first-order valence-electron chi connectivity index (χ1n) is 21.6. The summed E-state index contributed by atoms with van der Waals surface area (Å²) in [4.78, 5) is 51.4. The van der Waals surface area contributed by atoms with Crippen molar-refractivity contribution in [3.8, 4) is 39.3 Å². The van der Waals surface area contributed by atoms with Crippen molar-refractivity contribution in [2.24, 2.45) is 0 Å². The summed E-state index contributed by atoms with van der Waals surface area (Å²) in [7, 11) is 0.147. The lowest BCUT2D eigenvalue weighted by molar-refractivity contribution is 0.399. The molecular weight excluding hydrogens is 980 g/mol. The second-order valence-electron chi connectivity index (χ2n) is 14.8. The van der Waals surface area contributed by atoms with E-state index in [9.17, 15) is 9.59 Å². The normalized spacial score (nSPS) is 10.4. The first kappa shape index (κ1) is 60.3. The first-order valence-corrected chi connectivity index (χ1v) is 22.4. The lowest BCUT2D eigenvalue weighted by atomic mass is 9.80. The van der Waals surface area contributed by atoms with E-state index >= 15 is 0 Å². The van der Waals surface area contributed by atoms with Crippen molar-refractivity contribution in [1.82, 2.24) is 19.9 Å². The van der Waals surface area contributed by atoms with E-state index in [2.05, 4.69) is 66.2 Å². The molecule has 0 amide bonds. The SMILES string of the molecule is C.C.O=c1[nH]cccc1Br.[2HH].[B].[C-]#[N+]c1ccc(-c2ccc[nH]c2=O)cc1.[C-]#[N+]c1ccc(-c2cccnc2N2CCCCC2)cc1.[C-]#[N+]c1ccc(-c2cccnc2OC)cc1.[C-]#[N+]c1ccc(B(O)O)cc1. The van der Waals surface area contributed by atoms with Crippen LogP contribution in [-0.4, -0.2) is 65.7 Å². The molecule has 1 aliphatic rings. The van der Waals surface area contributed by atoms with Crippen molar-refractivity contribution < 1.29 is 16.2 Å². The average molecular weight is 1040 g/mol. The average Bonchev–Trinajstić information content (AvgIpc) is 3.43. The van der Waals surface area contributed by atoms with E-state index in [4.69, 9.17) is 41.1 Å². The lowest BCUT2D eigenvalue weighted by Crippen LogP contribution is -2.30. The van der Waals surface area contributed by atoms with E-state index < -0.39 is 7.12 Å². The fourth-order valence-corrected chi connectivity index (χ4v) is 6.94. The summed E-state index contributed by atoms with van der Waals surface area (Å²) >= 11 is 3.05. The second-order valence-corrected chi connectivity index (χ2v) is 15.6. The van der Waals surface area contributed by atoms with E-state index in [0.29, 0.717) is 44.1 Å².